The molecule has 2 aromatic carbocycles. The Hall–Kier alpha value is -3.78. The molecule has 0 saturated carbocycles. The number of carbonyl (C=O) groups is 1. The molecule has 8 heteroatoms. The first-order valence-electron chi connectivity index (χ1n) is 10.7. The third kappa shape index (κ3) is 3.80. The van der Waals surface area contributed by atoms with E-state index in [9.17, 15) is 4.79 Å². The van der Waals surface area contributed by atoms with Gasteiger partial charge >= 0.3 is 0 Å². The molecule has 32 heavy (non-hydrogen) atoms. The number of benzene rings is 2. The number of hydrogen-bond acceptors (Lipinski definition) is 6. The van der Waals surface area contributed by atoms with Crippen molar-refractivity contribution in [2.75, 3.05) is 18.9 Å². The summed E-state index contributed by atoms with van der Waals surface area (Å²) >= 11 is 0. The van der Waals surface area contributed by atoms with Gasteiger partial charge < -0.3 is 15.8 Å². The zero-order valence-corrected chi connectivity index (χ0v) is 17.8. The van der Waals surface area contributed by atoms with E-state index in [4.69, 9.17) is 20.4 Å². The van der Waals surface area contributed by atoms with E-state index in [1.165, 1.54) is 4.68 Å². The Bertz CT molecular complexity index is 1320. The van der Waals surface area contributed by atoms with Crippen LogP contribution in [0.2, 0.25) is 0 Å². The molecule has 162 valence electrons. The molecule has 1 aliphatic heterocycles. The summed E-state index contributed by atoms with van der Waals surface area (Å²) in [5.41, 5.74) is 11.0. The summed E-state index contributed by atoms with van der Waals surface area (Å²) in [5.74, 6) is -0.111. The quantitative estimate of drug-likeness (QED) is 0.475. The zero-order chi connectivity index (χ0) is 22.1. The monoisotopic (exact) mass is 428 g/mol. The number of para-hydroxylation sites is 2. The number of anilines is 1. The first kappa shape index (κ1) is 20.1. The van der Waals surface area contributed by atoms with Gasteiger partial charge in [0.25, 0.3) is 5.91 Å². The van der Waals surface area contributed by atoms with Gasteiger partial charge in [-0.1, -0.05) is 42.0 Å². The highest BCUT2D eigenvalue weighted by Gasteiger charge is 2.25. The van der Waals surface area contributed by atoms with Crippen LogP contribution in [0.3, 0.4) is 0 Å². The normalized spacial score (nSPS) is 16.3. The van der Waals surface area contributed by atoms with E-state index in [2.05, 4.69) is 10.4 Å². The second-order valence-electron chi connectivity index (χ2n) is 7.96. The summed E-state index contributed by atoms with van der Waals surface area (Å²) in [4.78, 5) is 22.5. The van der Waals surface area contributed by atoms with Crippen LogP contribution in [0.4, 0.5) is 5.82 Å². The Morgan fingerprint density at radius 2 is 1.97 bits per heavy atom. The molecule has 1 saturated heterocycles. The summed E-state index contributed by atoms with van der Waals surface area (Å²) in [5, 5.41) is 7.48. The lowest BCUT2D eigenvalue weighted by atomic mass is 10.2. The maximum absolute atomic E-state index is 13.1. The number of rotatable bonds is 5. The van der Waals surface area contributed by atoms with Crippen molar-refractivity contribution in [2.45, 2.75) is 25.9 Å². The standard InChI is InChI=1S/C24H24N6O2/c1-15-8-10-16(11-9-15)13-27-30-22(25)20(24(31)26-14-17-5-4-12-32-17)21-23(30)29-19-7-3-2-6-18(19)28-21/h2-3,6-11,13,17H,4-5,12,14,25H2,1H3,(H,26,31)/b27-13-/t17-/m0/s1. The molecule has 0 bridgehead atoms. The van der Waals surface area contributed by atoms with E-state index in [0.717, 1.165) is 30.6 Å². The van der Waals surface area contributed by atoms with Crippen molar-refractivity contribution >= 4 is 40.1 Å². The van der Waals surface area contributed by atoms with Gasteiger partial charge in [0.1, 0.15) is 16.9 Å². The number of aromatic nitrogens is 3. The Labute approximate surface area is 185 Å². The van der Waals surface area contributed by atoms with Crippen LogP contribution in [-0.4, -0.2) is 46.0 Å². The van der Waals surface area contributed by atoms with Crippen LogP contribution in [0, 0.1) is 6.92 Å². The molecule has 4 aromatic rings. The van der Waals surface area contributed by atoms with Crippen LogP contribution >= 0.6 is 0 Å². The number of fused-ring (bicyclic) bond motifs is 2. The van der Waals surface area contributed by atoms with Crippen LogP contribution in [-0.2, 0) is 4.74 Å². The Morgan fingerprint density at radius 3 is 2.69 bits per heavy atom. The predicted octanol–water partition coefficient (Wildman–Crippen LogP) is 3.27. The molecule has 0 spiro atoms. The average molecular weight is 428 g/mol. The molecule has 1 amide bonds. The second-order valence-corrected chi connectivity index (χ2v) is 7.96. The first-order chi connectivity index (χ1) is 15.6. The fourth-order valence-electron chi connectivity index (χ4n) is 3.87. The Kier molecular flexibility index (Phi) is 5.28. The second kappa shape index (κ2) is 8.39. The summed E-state index contributed by atoms with van der Waals surface area (Å²) in [6, 6.07) is 15.5. The fourth-order valence-corrected chi connectivity index (χ4v) is 3.87. The number of ether oxygens (including phenoxy) is 1. The maximum Gasteiger partial charge on any atom is 0.257 e. The topological polar surface area (TPSA) is 107 Å². The molecule has 1 fully saturated rings. The van der Waals surface area contributed by atoms with Gasteiger partial charge in [-0.2, -0.15) is 9.78 Å². The lowest BCUT2D eigenvalue weighted by molar-refractivity contribution is 0.0859. The van der Waals surface area contributed by atoms with Crippen molar-refractivity contribution in [1.82, 2.24) is 20.0 Å². The average Bonchev–Trinajstić information content (AvgIpc) is 3.41. The van der Waals surface area contributed by atoms with E-state index in [0.29, 0.717) is 28.7 Å². The van der Waals surface area contributed by atoms with E-state index in [1.54, 1.807) is 6.21 Å². The highest BCUT2D eigenvalue weighted by Crippen LogP contribution is 2.28. The van der Waals surface area contributed by atoms with Crippen molar-refractivity contribution in [1.29, 1.82) is 0 Å². The van der Waals surface area contributed by atoms with Gasteiger partial charge in [0.05, 0.1) is 23.4 Å². The highest BCUT2D eigenvalue weighted by atomic mass is 16.5. The van der Waals surface area contributed by atoms with Gasteiger partial charge in [-0.15, -0.1) is 0 Å². The van der Waals surface area contributed by atoms with E-state index in [1.807, 2.05) is 55.5 Å². The van der Waals surface area contributed by atoms with E-state index >= 15 is 0 Å². The third-order valence-electron chi connectivity index (χ3n) is 5.61. The molecule has 0 radical (unpaired) electrons. The van der Waals surface area contributed by atoms with Gasteiger partial charge in [-0.05, 0) is 37.5 Å². The first-order valence-corrected chi connectivity index (χ1v) is 10.7. The summed E-state index contributed by atoms with van der Waals surface area (Å²) in [6.45, 7) is 3.19. The number of nitrogen functional groups attached to an aromatic ring is 1. The van der Waals surface area contributed by atoms with Gasteiger partial charge in [-0.3, -0.25) is 4.79 Å². The molecular formula is C24H24N6O2. The molecule has 2 aromatic heterocycles. The smallest absolute Gasteiger partial charge is 0.257 e. The number of nitrogens with one attached hydrogen (secondary N) is 1. The molecule has 3 N–H and O–H groups in total. The van der Waals surface area contributed by atoms with Crippen molar-refractivity contribution in [3.63, 3.8) is 0 Å². The van der Waals surface area contributed by atoms with Crippen LogP contribution in [0.15, 0.2) is 53.6 Å². The molecule has 8 nitrogen and oxygen atoms in total. The fraction of sp³-hybridized carbons (Fsp3) is 0.250. The predicted molar refractivity (Wildman–Crippen MR) is 125 cm³/mol. The van der Waals surface area contributed by atoms with Crippen molar-refractivity contribution < 1.29 is 9.53 Å². The van der Waals surface area contributed by atoms with Crippen LogP contribution < -0.4 is 11.1 Å². The molecule has 0 unspecified atom stereocenters. The number of hydrogen-bond donors (Lipinski definition) is 2. The Morgan fingerprint density at radius 1 is 1.22 bits per heavy atom. The third-order valence-corrected chi connectivity index (χ3v) is 5.61. The molecule has 5 rings (SSSR count). The van der Waals surface area contributed by atoms with Crippen LogP contribution in [0.1, 0.15) is 34.3 Å². The Balaban J connectivity index is 1.58. The van der Waals surface area contributed by atoms with Gasteiger partial charge in [0, 0.05) is 13.2 Å². The number of carbonyl (C=O) groups excluding carboxylic acids is 1. The minimum atomic E-state index is -0.308. The lowest BCUT2D eigenvalue weighted by Crippen LogP contribution is -2.32. The van der Waals surface area contributed by atoms with Crippen LogP contribution in [0.25, 0.3) is 22.2 Å². The number of nitrogens with two attached hydrogens (primary N) is 1. The van der Waals surface area contributed by atoms with Gasteiger partial charge in [0.15, 0.2) is 5.65 Å². The zero-order valence-electron chi connectivity index (χ0n) is 17.8. The van der Waals surface area contributed by atoms with Crippen molar-refractivity contribution in [3.8, 4) is 0 Å². The molecule has 1 aliphatic rings. The molecule has 1 atom stereocenters. The van der Waals surface area contributed by atoms with Crippen molar-refractivity contribution in [2.24, 2.45) is 5.10 Å². The number of aryl methyl sites for hydroxylation is 1. The van der Waals surface area contributed by atoms with E-state index in [-0.39, 0.29) is 23.4 Å². The lowest BCUT2D eigenvalue weighted by Gasteiger charge is -2.10. The summed E-state index contributed by atoms with van der Waals surface area (Å²) in [7, 11) is 0. The molecular weight excluding hydrogens is 404 g/mol. The minimum Gasteiger partial charge on any atom is -0.383 e. The van der Waals surface area contributed by atoms with E-state index < -0.39 is 0 Å². The minimum absolute atomic E-state index is 0.0278. The molecule has 3 heterocycles. The number of nitrogens with zero attached hydrogens (tertiary/aromatic N) is 4. The summed E-state index contributed by atoms with van der Waals surface area (Å²) < 4.78 is 7.09. The molecule has 0 aliphatic carbocycles. The van der Waals surface area contributed by atoms with Gasteiger partial charge in [-0.25, -0.2) is 9.97 Å². The summed E-state index contributed by atoms with van der Waals surface area (Å²) in [6.07, 6.45) is 3.66. The SMILES string of the molecule is Cc1ccc(/C=N\n2c(N)c(C(=O)NC[C@@H]3CCCO3)c3nc4ccccc4nc32)cc1. The van der Waals surface area contributed by atoms with Crippen molar-refractivity contribution in [3.05, 3.63) is 65.2 Å². The largest absolute Gasteiger partial charge is 0.383 e. The highest BCUT2D eigenvalue weighted by molar-refractivity contribution is 6.10. The van der Waals surface area contributed by atoms with Gasteiger partial charge in [0.2, 0.25) is 0 Å². The number of amides is 1. The van der Waals surface area contributed by atoms with Crippen LogP contribution in [0.5, 0.6) is 0 Å². The maximum atomic E-state index is 13.1.